The topological polar surface area (TPSA) is 41.6 Å². The third-order valence-corrected chi connectivity index (χ3v) is 4.93. The van der Waals surface area contributed by atoms with Crippen molar-refractivity contribution in [1.82, 2.24) is 5.32 Å². The second-order valence-corrected chi connectivity index (χ2v) is 6.33. The lowest BCUT2D eigenvalue weighted by Crippen LogP contribution is -2.40. The molecule has 0 aliphatic carbocycles. The molecule has 0 saturated carbocycles. The Kier molecular flexibility index (Phi) is 3.76. The summed E-state index contributed by atoms with van der Waals surface area (Å²) >= 11 is 0. The van der Waals surface area contributed by atoms with Crippen LogP contribution in [0.1, 0.15) is 43.4 Å². The van der Waals surface area contributed by atoms with Gasteiger partial charge in [0, 0.05) is 25.8 Å². The first kappa shape index (κ1) is 14.5. The Morgan fingerprint density at radius 2 is 2.19 bits per heavy atom. The van der Waals surface area contributed by atoms with Gasteiger partial charge in [-0.3, -0.25) is 4.79 Å². The van der Waals surface area contributed by atoms with E-state index in [2.05, 4.69) is 30.4 Å². The van der Waals surface area contributed by atoms with Crippen molar-refractivity contribution in [1.29, 1.82) is 0 Å². The molecule has 0 bridgehead atoms. The molecule has 1 aromatic carbocycles. The van der Waals surface area contributed by atoms with Gasteiger partial charge >= 0.3 is 0 Å². The highest BCUT2D eigenvalue weighted by Gasteiger charge is 2.38. The largest absolute Gasteiger partial charge is 0.373 e. The van der Waals surface area contributed by atoms with Gasteiger partial charge in [-0.1, -0.05) is 12.1 Å². The van der Waals surface area contributed by atoms with Gasteiger partial charge in [0.2, 0.25) is 5.91 Å². The van der Waals surface area contributed by atoms with Gasteiger partial charge in [-0.15, -0.1) is 0 Å². The molecular weight excluding hydrogens is 264 g/mol. The summed E-state index contributed by atoms with van der Waals surface area (Å²) in [5, 5.41) is 3.42. The number of fused-ring (bicyclic) bond motifs is 1. The van der Waals surface area contributed by atoms with Crippen molar-refractivity contribution in [2.24, 2.45) is 0 Å². The van der Waals surface area contributed by atoms with Crippen molar-refractivity contribution in [3.8, 4) is 0 Å². The van der Waals surface area contributed by atoms with Crippen LogP contribution in [-0.4, -0.2) is 32.2 Å². The van der Waals surface area contributed by atoms with Crippen molar-refractivity contribution in [2.45, 2.75) is 44.2 Å². The van der Waals surface area contributed by atoms with Gasteiger partial charge in [0.1, 0.15) is 0 Å². The molecule has 3 rings (SSSR count). The average molecular weight is 288 g/mol. The zero-order valence-electron chi connectivity index (χ0n) is 13.1. The maximum Gasteiger partial charge on any atom is 0.227 e. The number of anilines is 1. The number of rotatable bonds is 3. The van der Waals surface area contributed by atoms with Gasteiger partial charge in [0.25, 0.3) is 0 Å². The van der Waals surface area contributed by atoms with Crippen molar-refractivity contribution >= 4 is 11.6 Å². The summed E-state index contributed by atoms with van der Waals surface area (Å²) in [7, 11) is 3.85. The van der Waals surface area contributed by atoms with Crippen molar-refractivity contribution < 1.29 is 9.53 Å². The van der Waals surface area contributed by atoms with E-state index in [4.69, 9.17) is 4.74 Å². The van der Waals surface area contributed by atoms with E-state index >= 15 is 0 Å². The molecule has 2 aliphatic heterocycles. The molecule has 1 saturated heterocycles. The number of aryl methyl sites for hydroxylation is 1. The predicted octanol–water partition coefficient (Wildman–Crippen LogP) is 2.43. The van der Waals surface area contributed by atoms with Crippen LogP contribution < -0.4 is 10.2 Å². The lowest BCUT2D eigenvalue weighted by Gasteiger charge is -2.35. The SMILES string of the molecule is CNC(c1ccc2c(c1)CCC(=O)N2C)C1(C)CCCO1. The van der Waals surface area contributed by atoms with Crippen molar-refractivity contribution in [2.75, 3.05) is 25.6 Å². The standard InChI is InChI=1S/C17H24N2O2/c1-17(9-4-10-21-17)16(18-2)13-5-7-14-12(11-13)6-8-15(20)19(14)3/h5,7,11,16,18H,4,6,8-10H2,1-3H3. The molecule has 21 heavy (non-hydrogen) atoms. The molecular formula is C17H24N2O2. The zero-order chi connectivity index (χ0) is 15.0. The lowest BCUT2D eigenvalue weighted by atomic mass is 9.86. The fraction of sp³-hybridized carbons (Fsp3) is 0.588. The Bertz CT molecular complexity index is 550. The van der Waals surface area contributed by atoms with Crippen LogP contribution in [-0.2, 0) is 16.0 Å². The first-order chi connectivity index (χ1) is 10.0. The number of nitrogens with zero attached hydrogens (tertiary/aromatic N) is 1. The summed E-state index contributed by atoms with van der Waals surface area (Å²) in [6.07, 6.45) is 3.64. The molecule has 1 N–H and O–H groups in total. The summed E-state index contributed by atoms with van der Waals surface area (Å²) < 4.78 is 6.00. The number of hydrogen-bond donors (Lipinski definition) is 1. The maximum absolute atomic E-state index is 11.8. The monoisotopic (exact) mass is 288 g/mol. The third kappa shape index (κ3) is 2.47. The molecule has 2 aliphatic rings. The highest BCUT2D eigenvalue weighted by molar-refractivity contribution is 5.95. The second-order valence-electron chi connectivity index (χ2n) is 6.33. The molecule has 114 valence electrons. The van der Waals surface area contributed by atoms with Gasteiger partial charge in [0.15, 0.2) is 0 Å². The molecule has 1 fully saturated rings. The smallest absolute Gasteiger partial charge is 0.227 e. The number of likely N-dealkylation sites (N-methyl/N-ethyl adjacent to an activating group) is 1. The molecule has 1 aromatic rings. The highest BCUT2D eigenvalue weighted by atomic mass is 16.5. The van der Waals surface area contributed by atoms with Gasteiger partial charge in [0.05, 0.1) is 11.6 Å². The molecule has 1 amide bonds. The second kappa shape index (κ2) is 5.43. The Labute approximate surface area is 126 Å². The Morgan fingerprint density at radius 1 is 1.38 bits per heavy atom. The fourth-order valence-electron chi connectivity index (χ4n) is 3.71. The van der Waals surface area contributed by atoms with Crippen LogP contribution in [0.15, 0.2) is 18.2 Å². The van der Waals surface area contributed by atoms with Crippen LogP contribution in [0, 0.1) is 0 Å². The molecule has 4 nitrogen and oxygen atoms in total. The molecule has 0 aromatic heterocycles. The Balaban J connectivity index is 1.94. The summed E-state index contributed by atoms with van der Waals surface area (Å²) in [5.74, 6) is 0.200. The molecule has 2 heterocycles. The minimum atomic E-state index is -0.140. The van der Waals surface area contributed by atoms with Crippen LogP contribution in [0.3, 0.4) is 0 Å². The van der Waals surface area contributed by atoms with Gasteiger partial charge in [-0.2, -0.15) is 0 Å². The summed E-state index contributed by atoms with van der Waals surface area (Å²) in [4.78, 5) is 13.6. The summed E-state index contributed by atoms with van der Waals surface area (Å²) in [6, 6.07) is 6.63. The van der Waals surface area contributed by atoms with E-state index in [9.17, 15) is 4.79 Å². The highest BCUT2D eigenvalue weighted by Crippen LogP contribution is 2.39. The van der Waals surface area contributed by atoms with E-state index in [1.807, 2.05) is 14.1 Å². The Hall–Kier alpha value is -1.39. The molecule has 4 heteroatoms. The van der Waals surface area contributed by atoms with Crippen molar-refractivity contribution in [3.63, 3.8) is 0 Å². The third-order valence-electron chi connectivity index (χ3n) is 4.93. The number of nitrogens with one attached hydrogen (secondary N) is 1. The first-order valence-electron chi connectivity index (χ1n) is 7.76. The minimum absolute atomic E-state index is 0.140. The zero-order valence-corrected chi connectivity index (χ0v) is 13.1. The number of amides is 1. The maximum atomic E-state index is 11.8. The number of carbonyl (C=O) groups excluding carboxylic acids is 1. The van der Waals surface area contributed by atoms with E-state index in [0.717, 1.165) is 31.6 Å². The molecule has 2 atom stereocenters. The Morgan fingerprint density at radius 3 is 2.86 bits per heavy atom. The summed E-state index contributed by atoms with van der Waals surface area (Å²) in [6.45, 7) is 3.03. The summed E-state index contributed by atoms with van der Waals surface area (Å²) in [5.41, 5.74) is 3.42. The van der Waals surface area contributed by atoms with Gasteiger partial charge in [-0.05, 0) is 50.4 Å². The van der Waals surface area contributed by atoms with E-state index in [1.165, 1.54) is 11.1 Å². The molecule has 0 spiro atoms. The van der Waals surface area contributed by atoms with Gasteiger partial charge < -0.3 is 15.0 Å². The number of carbonyl (C=O) groups is 1. The van der Waals surface area contributed by atoms with Crippen LogP contribution in [0.2, 0.25) is 0 Å². The van der Waals surface area contributed by atoms with E-state index < -0.39 is 0 Å². The predicted molar refractivity (Wildman–Crippen MR) is 83.6 cm³/mol. The number of benzene rings is 1. The number of ether oxygens (including phenoxy) is 1. The normalized spacial score (nSPS) is 26.8. The van der Waals surface area contributed by atoms with Crippen LogP contribution in [0.25, 0.3) is 0 Å². The fourth-order valence-corrected chi connectivity index (χ4v) is 3.71. The van der Waals surface area contributed by atoms with Crippen LogP contribution >= 0.6 is 0 Å². The average Bonchev–Trinajstić information content (AvgIpc) is 2.91. The first-order valence-corrected chi connectivity index (χ1v) is 7.76. The molecule has 0 radical (unpaired) electrons. The molecule has 2 unspecified atom stereocenters. The lowest BCUT2D eigenvalue weighted by molar-refractivity contribution is -0.118. The minimum Gasteiger partial charge on any atom is -0.373 e. The van der Waals surface area contributed by atoms with E-state index in [0.29, 0.717) is 6.42 Å². The van der Waals surface area contributed by atoms with Crippen LogP contribution in [0.4, 0.5) is 5.69 Å². The van der Waals surface area contributed by atoms with Crippen LogP contribution in [0.5, 0.6) is 0 Å². The quantitative estimate of drug-likeness (QED) is 0.929. The van der Waals surface area contributed by atoms with Crippen molar-refractivity contribution in [3.05, 3.63) is 29.3 Å². The van der Waals surface area contributed by atoms with Gasteiger partial charge in [-0.25, -0.2) is 0 Å². The number of hydrogen-bond acceptors (Lipinski definition) is 3. The van der Waals surface area contributed by atoms with E-state index in [1.54, 1.807) is 4.90 Å². The van der Waals surface area contributed by atoms with E-state index in [-0.39, 0.29) is 17.6 Å².